The number of nitrogens with zero attached hydrogens (tertiary/aromatic N) is 1. The maximum Gasteiger partial charge on any atom is 0.227 e. The van der Waals surface area contributed by atoms with Gasteiger partial charge in [-0.3, -0.25) is 4.79 Å². The van der Waals surface area contributed by atoms with Crippen LogP contribution in [0.4, 0.5) is 5.69 Å². The van der Waals surface area contributed by atoms with E-state index in [2.05, 4.69) is 0 Å². The largest absolute Gasteiger partial charge is 0.486 e. The van der Waals surface area contributed by atoms with Crippen LogP contribution in [0.25, 0.3) is 0 Å². The molecule has 102 valence electrons. The van der Waals surface area contributed by atoms with Gasteiger partial charge in [-0.1, -0.05) is 0 Å². The van der Waals surface area contributed by atoms with Gasteiger partial charge >= 0.3 is 0 Å². The predicted octanol–water partition coefficient (Wildman–Crippen LogP) is 1.79. The molecule has 1 amide bonds. The third-order valence-electron chi connectivity index (χ3n) is 2.98. The molecule has 0 N–H and O–H groups in total. The van der Waals surface area contributed by atoms with Gasteiger partial charge in [0.1, 0.15) is 19.0 Å². The van der Waals surface area contributed by atoms with Crippen molar-refractivity contribution in [3.8, 4) is 11.5 Å². The number of anilines is 1. The summed E-state index contributed by atoms with van der Waals surface area (Å²) in [4.78, 5) is 24.3. The quantitative estimate of drug-likeness (QED) is 0.831. The lowest BCUT2D eigenvalue weighted by Gasteiger charge is -2.22. The molecule has 0 aromatic heterocycles. The Morgan fingerprint density at radius 1 is 1.16 bits per heavy atom. The van der Waals surface area contributed by atoms with Crippen LogP contribution >= 0.6 is 0 Å². The Labute approximate surface area is 112 Å². The maximum atomic E-state index is 11.9. The molecule has 5 heteroatoms. The van der Waals surface area contributed by atoms with E-state index >= 15 is 0 Å². The van der Waals surface area contributed by atoms with Gasteiger partial charge in [-0.05, 0) is 19.1 Å². The third-order valence-corrected chi connectivity index (χ3v) is 2.98. The van der Waals surface area contributed by atoms with E-state index in [-0.39, 0.29) is 24.5 Å². The van der Waals surface area contributed by atoms with Gasteiger partial charge in [-0.25, -0.2) is 0 Å². The molecule has 0 atom stereocenters. The number of benzene rings is 1. The Balaban J connectivity index is 2.08. The summed E-state index contributed by atoms with van der Waals surface area (Å²) in [5.74, 6) is 1.27. The highest BCUT2D eigenvalue weighted by Gasteiger charge is 2.16. The van der Waals surface area contributed by atoms with Crippen molar-refractivity contribution in [1.29, 1.82) is 0 Å². The van der Waals surface area contributed by atoms with Gasteiger partial charge in [-0.2, -0.15) is 0 Å². The minimum absolute atomic E-state index is 0.0175. The number of amides is 1. The summed E-state index contributed by atoms with van der Waals surface area (Å²) >= 11 is 0. The van der Waals surface area contributed by atoms with Crippen molar-refractivity contribution in [3.05, 3.63) is 18.2 Å². The number of carbonyl (C=O) groups excluding carboxylic acids is 2. The average molecular weight is 263 g/mol. The summed E-state index contributed by atoms with van der Waals surface area (Å²) in [5.41, 5.74) is 0.734. The number of fused-ring (bicyclic) bond motifs is 1. The zero-order valence-electron chi connectivity index (χ0n) is 11.1. The van der Waals surface area contributed by atoms with Crippen LogP contribution in [-0.2, 0) is 9.59 Å². The smallest absolute Gasteiger partial charge is 0.227 e. The summed E-state index contributed by atoms with van der Waals surface area (Å²) in [7, 11) is 1.69. The lowest BCUT2D eigenvalue weighted by atomic mass is 10.2. The molecular formula is C14H17NO4. The van der Waals surface area contributed by atoms with Gasteiger partial charge in [0.15, 0.2) is 11.5 Å². The van der Waals surface area contributed by atoms with Crippen LogP contribution in [0.1, 0.15) is 19.8 Å². The Morgan fingerprint density at radius 3 is 2.53 bits per heavy atom. The molecule has 1 aromatic rings. The molecule has 19 heavy (non-hydrogen) atoms. The molecule has 0 saturated heterocycles. The second-order valence-corrected chi connectivity index (χ2v) is 4.48. The zero-order chi connectivity index (χ0) is 13.8. The van der Waals surface area contributed by atoms with Gasteiger partial charge in [0.05, 0.1) is 0 Å². The van der Waals surface area contributed by atoms with E-state index < -0.39 is 0 Å². The maximum absolute atomic E-state index is 11.9. The first-order chi connectivity index (χ1) is 9.08. The minimum atomic E-state index is -0.0909. The number of Topliss-reactive ketones (excluding diaryl/α,β-unsaturated/α-hetero) is 1. The van der Waals surface area contributed by atoms with E-state index in [0.29, 0.717) is 24.7 Å². The second kappa shape index (κ2) is 5.73. The summed E-state index contributed by atoms with van der Waals surface area (Å²) in [5, 5.41) is 0. The van der Waals surface area contributed by atoms with Crippen LogP contribution in [0, 0.1) is 0 Å². The number of ether oxygens (including phenoxy) is 2. The van der Waals surface area contributed by atoms with Crippen LogP contribution in [0.15, 0.2) is 18.2 Å². The highest BCUT2D eigenvalue weighted by Crippen LogP contribution is 2.33. The normalized spacial score (nSPS) is 12.9. The van der Waals surface area contributed by atoms with Crippen molar-refractivity contribution >= 4 is 17.4 Å². The van der Waals surface area contributed by atoms with Crippen molar-refractivity contribution < 1.29 is 19.1 Å². The van der Waals surface area contributed by atoms with E-state index in [1.807, 2.05) is 0 Å². The Bertz CT molecular complexity index is 498. The van der Waals surface area contributed by atoms with Crippen LogP contribution < -0.4 is 14.4 Å². The Hall–Kier alpha value is -2.04. The van der Waals surface area contributed by atoms with E-state index in [0.717, 1.165) is 5.69 Å². The molecule has 5 nitrogen and oxygen atoms in total. The summed E-state index contributed by atoms with van der Waals surface area (Å²) < 4.78 is 10.9. The fraction of sp³-hybridized carbons (Fsp3) is 0.429. The molecule has 0 radical (unpaired) electrons. The molecule has 2 rings (SSSR count). The fourth-order valence-electron chi connectivity index (χ4n) is 1.84. The number of hydrogen-bond acceptors (Lipinski definition) is 4. The van der Waals surface area contributed by atoms with Crippen LogP contribution in [0.3, 0.4) is 0 Å². The van der Waals surface area contributed by atoms with Gasteiger partial charge in [0.2, 0.25) is 5.91 Å². The van der Waals surface area contributed by atoms with Gasteiger partial charge in [0.25, 0.3) is 0 Å². The van der Waals surface area contributed by atoms with Crippen molar-refractivity contribution in [2.75, 3.05) is 25.2 Å². The first-order valence-electron chi connectivity index (χ1n) is 6.23. The molecule has 0 unspecified atom stereocenters. The molecule has 0 bridgehead atoms. The number of rotatable bonds is 4. The number of hydrogen-bond donors (Lipinski definition) is 0. The Kier molecular flexibility index (Phi) is 4.04. The first kappa shape index (κ1) is 13.4. The van der Waals surface area contributed by atoms with E-state index in [1.54, 1.807) is 25.2 Å². The molecule has 0 fully saturated rings. The molecule has 1 aliphatic rings. The first-order valence-corrected chi connectivity index (χ1v) is 6.23. The molecule has 1 aromatic carbocycles. The molecule has 1 aliphatic heterocycles. The lowest BCUT2D eigenvalue weighted by molar-refractivity contribution is -0.122. The number of carbonyl (C=O) groups is 2. The third kappa shape index (κ3) is 3.24. The van der Waals surface area contributed by atoms with Crippen molar-refractivity contribution in [2.24, 2.45) is 0 Å². The van der Waals surface area contributed by atoms with Crippen molar-refractivity contribution in [1.82, 2.24) is 0 Å². The molecule has 0 aliphatic carbocycles. The summed E-state index contributed by atoms with van der Waals surface area (Å²) in [6, 6.07) is 5.37. The van der Waals surface area contributed by atoms with Gasteiger partial charge in [0, 0.05) is 31.6 Å². The monoisotopic (exact) mass is 263 g/mol. The molecule has 0 spiro atoms. The van der Waals surface area contributed by atoms with E-state index in [4.69, 9.17) is 9.47 Å². The fourth-order valence-corrected chi connectivity index (χ4v) is 1.84. The van der Waals surface area contributed by atoms with E-state index in [1.165, 1.54) is 11.8 Å². The lowest BCUT2D eigenvalue weighted by Crippen LogP contribution is -2.26. The molecule has 0 saturated carbocycles. The van der Waals surface area contributed by atoms with Crippen LogP contribution in [0.2, 0.25) is 0 Å². The van der Waals surface area contributed by atoms with Crippen molar-refractivity contribution in [2.45, 2.75) is 19.8 Å². The van der Waals surface area contributed by atoms with Gasteiger partial charge in [-0.15, -0.1) is 0 Å². The molecule has 1 heterocycles. The van der Waals surface area contributed by atoms with E-state index in [9.17, 15) is 9.59 Å². The Morgan fingerprint density at radius 2 is 1.84 bits per heavy atom. The predicted molar refractivity (Wildman–Crippen MR) is 70.8 cm³/mol. The van der Waals surface area contributed by atoms with Gasteiger partial charge < -0.3 is 19.2 Å². The highest BCUT2D eigenvalue weighted by atomic mass is 16.6. The highest BCUT2D eigenvalue weighted by molar-refractivity contribution is 5.95. The van der Waals surface area contributed by atoms with Crippen molar-refractivity contribution in [3.63, 3.8) is 0 Å². The topological polar surface area (TPSA) is 55.8 Å². The second-order valence-electron chi connectivity index (χ2n) is 4.48. The average Bonchev–Trinajstić information content (AvgIpc) is 2.43. The summed E-state index contributed by atoms with van der Waals surface area (Å²) in [6.45, 7) is 2.54. The standard InChI is InChI=1S/C14H17NO4/c1-10(16)3-6-14(17)15(2)11-4-5-12-13(9-11)19-8-7-18-12/h4-5,9H,3,6-8H2,1-2H3. The number of ketones is 1. The summed E-state index contributed by atoms with van der Waals surface area (Å²) in [6.07, 6.45) is 0.494. The molecular weight excluding hydrogens is 246 g/mol. The SMILES string of the molecule is CC(=O)CCC(=O)N(C)c1ccc2c(c1)OCCO2. The zero-order valence-corrected chi connectivity index (χ0v) is 11.1. The van der Waals surface area contributed by atoms with Crippen LogP contribution in [0.5, 0.6) is 11.5 Å². The van der Waals surface area contributed by atoms with Crippen LogP contribution in [-0.4, -0.2) is 32.0 Å². The minimum Gasteiger partial charge on any atom is -0.486 e.